The zero-order chi connectivity index (χ0) is 13.2. The summed E-state index contributed by atoms with van der Waals surface area (Å²) in [5.74, 6) is 0. The number of aryl methyl sites for hydroxylation is 1. The van der Waals surface area contributed by atoms with Crippen molar-refractivity contribution in [3.05, 3.63) is 39.6 Å². The van der Waals surface area contributed by atoms with Gasteiger partial charge < -0.3 is 0 Å². The highest BCUT2D eigenvalue weighted by Gasteiger charge is 2.18. The summed E-state index contributed by atoms with van der Waals surface area (Å²) in [7, 11) is -3.66. The second-order valence-corrected chi connectivity index (χ2v) is 6.89. The normalized spacial score (nSPS) is 11.7. The molecule has 96 valence electrons. The molecule has 1 N–H and O–H groups in total. The zero-order valence-electron chi connectivity index (χ0n) is 9.42. The Morgan fingerprint density at radius 2 is 2.22 bits per heavy atom. The zero-order valence-corrected chi connectivity index (χ0v) is 11.8. The van der Waals surface area contributed by atoms with Crippen molar-refractivity contribution in [2.45, 2.75) is 18.4 Å². The van der Waals surface area contributed by atoms with E-state index in [1.165, 1.54) is 29.7 Å². The van der Waals surface area contributed by atoms with Gasteiger partial charge in [0, 0.05) is 17.3 Å². The third-order valence-corrected chi connectivity index (χ3v) is 4.86. The molecule has 0 atom stereocenters. The molecule has 0 aliphatic rings. The highest BCUT2D eigenvalue weighted by atomic mass is 35.5. The molecule has 0 spiro atoms. The Bertz CT molecular complexity index is 655. The molecule has 2 rings (SSSR count). The molecule has 2 heterocycles. The standard InChI is InChI=1S/C10H10ClN3O2S2/c1-7-5-13-9(17-7)6-14-18(15,16)8-3-2-4-12-10(8)11/h2-5,14H,6H2,1H3. The van der Waals surface area contributed by atoms with Crippen LogP contribution in [0.5, 0.6) is 0 Å². The molecule has 0 aromatic carbocycles. The topological polar surface area (TPSA) is 72.0 Å². The molecule has 0 radical (unpaired) electrons. The average Bonchev–Trinajstić information content (AvgIpc) is 2.73. The van der Waals surface area contributed by atoms with E-state index < -0.39 is 10.0 Å². The first-order valence-electron chi connectivity index (χ1n) is 5.00. The van der Waals surface area contributed by atoms with E-state index in [0.717, 1.165) is 4.88 Å². The summed E-state index contributed by atoms with van der Waals surface area (Å²) < 4.78 is 26.4. The predicted molar refractivity (Wildman–Crippen MR) is 70.1 cm³/mol. The van der Waals surface area contributed by atoms with Crippen molar-refractivity contribution in [3.63, 3.8) is 0 Å². The maximum Gasteiger partial charge on any atom is 0.244 e. The average molecular weight is 304 g/mol. The molecule has 0 fully saturated rings. The van der Waals surface area contributed by atoms with Gasteiger partial charge in [-0.3, -0.25) is 0 Å². The van der Waals surface area contributed by atoms with Crippen molar-refractivity contribution in [1.82, 2.24) is 14.7 Å². The smallest absolute Gasteiger partial charge is 0.244 e. The number of hydrogen-bond donors (Lipinski definition) is 1. The van der Waals surface area contributed by atoms with Gasteiger partial charge in [0.25, 0.3) is 0 Å². The third kappa shape index (κ3) is 3.05. The van der Waals surface area contributed by atoms with Gasteiger partial charge in [-0.1, -0.05) is 11.6 Å². The van der Waals surface area contributed by atoms with Crippen molar-refractivity contribution in [2.24, 2.45) is 0 Å². The highest BCUT2D eigenvalue weighted by molar-refractivity contribution is 7.89. The number of thiazole rings is 1. The number of halogens is 1. The van der Waals surface area contributed by atoms with Crippen LogP contribution in [0.4, 0.5) is 0 Å². The molecule has 0 aliphatic carbocycles. The molecule has 18 heavy (non-hydrogen) atoms. The van der Waals surface area contributed by atoms with Crippen molar-refractivity contribution in [3.8, 4) is 0 Å². The Morgan fingerprint density at radius 1 is 1.44 bits per heavy atom. The minimum Gasteiger partial charge on any atom is -0.248 e. The monoisotopic (exact) mass is 303 g/mol. The number of pyridine rings is 1. The first-order chi connectivity index (χ1) is 8.49. The van der Waals surface area contributed by atoms with E-state index in [0.29, 0.717) is 5.01 Å². The second-order valence-electron chi connectivity index (χ2n) is 3.48. The summed E-state index contributed by atoms with van der Waals surface area (Å²) in [6, 6.07) is 2.93. The van der Waals surface area contributed by atoms with Crippen LogP contribution < -0.4 is 4.72 Å². The number of nitrogens with one attached hydrogen (secondary N) is 1. The van der Waals surface area contributed by atoms with Gasteiger partial charge in [-0.15, -0.1) is 11.3 Å². The van der Waals surface area contributed by atoms with Crippen LogP contribution in [0.25, 0.3) is 0 Å². The van der Waals surface area contributed by atoms with Crippen LogP contribution in [0.1, 0.15) is 9.88 Å². The maximum atomic E-state index is 12.0. The van der Waals surface area contributed by atoms with E-state index in [1.54, 1.807) is 6.20 Å². The molecule has 0 bridgehead atoms. The van der Waals surface area contributed by atoms with Crippen LogP contribution >= 0.6 is 22.9 Å². The Morgan fingerprint density at radius 3 is 2.83 bits per heavy atom. The molecule has 2 aromatic rings. The van der Waals surface area contributed by atoms with Crippen LogP contribution in [0.2, 0.25) is 5.15 Å². The van der Waals surface area contributed by atoms with Gasteiger partial charge in [-0.05, 0) is 19.1 Å². The minimum atomic E-state index is -3.66. The fourth-order valence-corrected chi connectivity index (χ4v) is 3.55. The summed E-state index contributed by atoms with van der Waals surface area (Å²) in [6.45, 7) is 2.06. The maximum absolute atomic E-state index is 12.0. The summed E-state index contributed by atoms with van der Waals surface area (Å²) in [6.07, 6.45) is 3.14. The van der Waals surface area contributed by atoms with Gasteiger partial charge in [-0.2, -0.15) is 0 Å². The molecular weight excluding hydrogens is 294 g/mol. The van der Waals surface area contributed by atoms with E-state index >= 15 is 0 Å². The van der Waals surface area contributed by atoms with Gasteiger partial charge in [0.1, 0.15) is 15.1 Å². The van der Waals surface area contributed by atoms with Gasteiger partial charge in [0.15, 0.2) is 0 Å². The third-order valence-electron chi connectivity index (χ3n) is 2.10. The molecule has 0 unspecified atom stereocenters. The van der Waals surface area contributed by atoms with Crippen molar-refractivity contribution < 1.29 is 8.42 Å². The molecule has 5 nitrogen and oxygen atoms in total. The lowest BCUT2D eigenvalue weighted by Crippen LogP contribution is -2.23. The fraction of sp³-hybridized carbons (Fsp3) is 0.200. The number of rotatable bonds is 4. The van der Waals surface area contributed by atoms with Crippen LogP contribution in [0.3, 0.4) is 0 Å². The van der Waals surface area contributed by atoms with E-state index in [4.69, 9.17) is 11.6 Å². The van der Waals surface area contributed by atoms with Crippen molar-refractivity contribution in [1.29, 1.82) is 0 Å². The number of aromatic nitrogens is 2. The molecule has 0 aliphatic heterocycles. The first-order valence-corrected chi connectivity index (χ1v) is 7.68. The van der Waals surface area contributed by atoms with E-state index in [9.17, 15) is 8.42 Å². The van der Waals surface area contributed by atoms with Crippen LogP contribution in [0.15, 0.2) is 29.4 Å². The Hall–Kier alpha value is -1.02. The van der Waals surface area contributed by atoms with Crippen molar-refractivity contribution in [2.75, 3.05) is 0 Å². The SMILES string of the molecule is Cc1cnc(CNS(=O)(=O)c2cccnc2Cl)s1. The molecule has 0 amide bonds. The first kappa shape index (κ1) is 13.4. The lowest BCUT2D eigenvalue weighted by molar-refractivity contribution is 0.581. The molecular formula is C10H10ClN3O2S2. The van der Waals surface area contributed by atoms with Crippen molar-refractivity contribution >= 4 is 33.0 Å². The number of hydrogen-bond acceptors (Lipinski definition) is 5. The molecule has 2 aromatic heterocycles. The molecule has 8 heteroatoms. The highest BCUT2D eigenvalue weighted by Crippen LogP contribution is 2.18. The van der Waals surface area contributed by atoms with E-state index in [1.807, 2.05) is 6.92 Å². The fourth-order valence-electron chi connectivity index (χ4n) is 1.29. The quantitative estimate of drug-likeness (QED) is 0.877. The summed E-state index contributed by atoms with van der Waals surface area (Å²) in [5.41, 5.74) is 0. The summed E-state index contributed by atoms with van der Waals surface area (Å²) in [4.78, 5) is 8.82. The molecule has 0 saturated carbocycles. The van der Waals surface area contributed by atoms with E-state index in [-0.39, 0.29) is 16.6 Å². The lowest BCUT2D eigenvalue weighted by Gasteiger charge is -2.05. The van der Waals surface area contributed by atoms with Gasteiger partial charge in [0.2, 0.25) is 10.0 Å². The summed E-state index contributed by atoms with van der Waals surface area (Å²) >= 11 is 7.19. The van der Waals surface area contributed by atoms with Gasteiger partial charge in [0.05, 0.1) is 6.54 Å². The van der Waals surface area contributed by atoms with Crippen LogP contribution in [-0.2, 0) is 16.6 Å². The lowest BCUT2D eigenvalue weighted by atomic mass is 10.5. The Balaban J connectivity index is 2.16. The van der Waals surface area contributed by atoms with Gasteiger partial charge >= 0.3 is 0 Å². The predicted octanol–water partition coefficient (Wildman–Crippen LogP) is 1.98. The Kier molecular flexibility index (Phi) is 3.96. The van der Waals surface area contributed by atoms with Crippen LogP contribution in [0, 0.1) is 6.92 Å². The van der Waals surface area contributed by atoms with E-state index in [2.05, 4.69) is 14.7 Å². The largest absolute Gasteiger partial charge is 0.248 e. The van der Waals surface area contributed by atoms with Gasteiger partial charge in [-0.25, -0.2) is 23.1 Å². The second kappa shape index (κ2) is 5.31. The summed E-state index contributed by atoms with van der Waals surface area (Å²) in [5, 5.41) is 0.663. The minimum absolute atomic E-state index is 0.0278. The van der Waals surface area contributed by atoms with Crippen LogP contribution in [-0.4, -0.2) is 18.4 Å². The number of nitrogens with zero attached hydrogens (tertiary/aromatic N) is 2. The molecule has 0 saturated heterocycles. The number of sulfonamides is 1. The Labute approximate surface area is 114 Å².